The molecule has 1 aromatic heterocycles. The van der Waals surface area contributed by atoms with Crippen LogP contribution in [0.5, 0.6) is 0 Å². The average molecular weight is 342 g/mol. The van der Waals surface area contributed by atoms with Crippen molar-refractivity contribution >= 4 is 28.9 Å². The molecular weight excluding hydrogens is 320 g/mol. The van der Waals surface area contributed by atoms with Crippen molar-refractivity contribution in [1.82, 2.24) is 4.98 Å². The Morgan fingerprint density at radius 3 is 2.75 bits per heavy atom. The largest absolute Gasteiger partial charge is 0.378 e. The van der Waals surface area contributed by atoms with Gasteiger partial charge in [0.1, 0.15) is 0 Å². The van der Waals surface area contributed by atoms with E-state index >= 15 is 0 Å². The second-order valence-electron chi connectivity index (χ2n) is 5.52. The summed E-state index contributed by atoms with van der Waals surface area (Å²) in [6.07, 6.45) is 6.71. The van der Waals surface area contributed by atoms with Crippen LogP contribution < -0.4 is 9.91 Å². The standard InChI is InChI=1S/C18H22N4OS/c1-3-8-22(19-2)16-6-4-15(5-7-16)13-17-14-20-18(24-17)21-9-11-23-12-10-21/h3-8,14H,2,9-13H2,1H3/b8-3-. The first-order chi connectivity index (χ1) is 11.8. The molecule has 1 aliphatic rings. The summed E-state index contributed by atoms with van der Waals surface area (Å²) in [5.74, 6) is 0. The molecule has 2 heterocycles. The van der Waals surface area contributed by atoms with Crippen molar-refractivity contribution in [3.8, 4) is 0 Å². The number of hydrazone groups is 1. The van der Waals surface area contributed by atoms with Crippen molar-refractivity contribution in [3.63, 3.8) is 0 Å². The highest BCUT2D eigenvalue weighted by Crippen LogP contribution is 2.26. The van der Waals surface area contributed by atoms with Gasteiger partial charge in [-0.1, -0.05) is 18.2 Å². The summed E-state index contributed by atoms with van der Waals surface area (Å²) >= 11 is 1.77. The summed E-state index contributed by atoms with van der Waals surface area (Å²) in [6.45, 7) is 8.99. The number of anilines is 2. The van der Waals surface area contributed by atoms with Crippen LogP contribution in [0.3, 0.4) is 0 Å². The van der Waals surface area contributed by atoms with E-state index in [0.29, 0.717) is 0 Å². The van der Waals surface area contributed by atoms with Gasteiger partial charge in [0.15, 0.2) is 5.13 Å². The molecule has 1 aliphatic heterocycles. The Hall–Kier alpha value is -2.18. The summed E-state index contributed by atoms with van der Waals surface area (Å²) in [5.41, 5.74) is 2.27. The van der Waals surface area contributed by atoms with E-state index in [2.05, 4.69) is 46.0 Å². The van der Waals surface area contributed by atoms with Gasteiger partial charge in [-0.15, -0.1) is 11.3 Å². The Kier molecular flexibility index (Phi) is 5.61. The van der Waals surface area contributed by atoms with E-state index in [1.165, 1.54) is 10.4 Å². The lowest BCUT2D eigenvalue weighted by Crippen LogP contribution is -2.36. The number of aromatic nitrogens is 1. The van der Waals surface area contributed by atoms with E-state index in [-0.39, 0.29) is 0 Å². The summed E-state index contributed by atoms with van der Waals surface area (Å²) in [5, 5.41) is 6.84. The number of rotatable bonds is 6. The van der Waals surface area contributed by atoms with Crippen LogP contribution in [0.1, 0.15) is 17.4 Å². The van der Waals surface area contributed by atoms with Crippen molar-refractivity contribution in [2.75, 3.05) is 36.2 Å². The fourth-order valence-electron chi connectivity index (χ4n) is 2.60. The molecular formula is C18H22N4OS. The molecule has 5 nitrogen and oxygen atoms in total. The van der Waals surface area contributed by atoms with Crippen molar-refractivity contribution in [3.05, 3.63) is 53.2 Å². The molecule has 1 fully saturated rings. The molecule has 0 radical (unpaired) electrons. The van der Waals surface area contributed by atoms with Gasteiger partial charge in [-0.25, -0.2) is 9.99 Å². The van der Waals surface area contributed by atoms with E-state index in [1.54, 1.807) is 16.3 Å². The Bertz CT molecular complexity index is 689. The minimum Gasteiger partial charge on any atom is -0.378 e. The van der Waals surface area contributed by atoms with Gasteiger partial charge in [0.2, 0.25) is 0 Å². The molecule has 1 saturated heterocycles. The van der Waals surface area contributed by atoms with E-state index < -0.39 is 0 Å². The van der Waals surface area contributed by atoms with Crippen LogP contribution in [0.25, 0.3) is 0 Å². The van der Waals surface area contributed by atoms with Gasteiger partial charge in [-0.05, 0) is 24.6 Å². The highest BCUT2D eigenvalue weighted by molar-refractivity contribution is 7.15. The molecule has 0 N–H and O–H groups in total. The lowest BCUT2D eigenvalue weighted by atomic mass is 10.1. The fraction of sp³-hybridized carbons (Fsp3) is 0.333. The normalized spacial score (nSPS) is 15.0. The lowest BCUT2D eigenvalue weighted by molar-refractivity contribution is 0.122. The fourth-order valence-corrected chi connectivity index (χ4v) is 3.60. The van der Waals surface area contributed by atoms with Crippen LogP contribution in [0, 0.1) is 0 Å². The number of nitrogens with zero attached hydrogens (tertiary/aromatic N) is 4. The van der Waals surface area contributed by atoms with E-state index in [1.807, 2.05) is 25.4 Å². The third-order valence-corrected chi connectivity index (χ3v) is 4.90. The van der Waals surface area contributed by atoms with E-state index in [0.717, 1.165) is 43.5 Å². The summed E-state index contributed by atoms with van der Waals surface area (Å²) in [7, 11) is 0. The third-order valence-electron chi connectivity index (χ3n) is 3.84. The van der Waals surface area contributed by atoms with Crippen LogP contribution in [0.4, 0.5) is 10.8 Å². The van der Waals surface area contributed by atoms with Gasteiger partial charge in [-0.2, -0.15) is 5.10 Å². The highest BCUT2D eigenvalue weighted by atomic mass is 32.1. The predicted molar refractivity (Wildman–Crippen MR) is 101 cm³/mol. The van der Waals surface area contributed by atoms with Crippen molar-refractivity contribution in [2.24, 2.45) is 5.10 Å². The zero-order valence-electron chi connectivity index (χ0n) is 13.9. The molecule has 0 aliphatic carbocycles. The third kappa shape index (κ3) is 4.01. The van der Waals surface area contributed by atoms with E-state index in [9.17, 15) is 0 Å². The first-order valence-corrected chi connectivity index (χ1v) is 8.87. The lowest BCUT2D eigenvalue weighted by Gasteiger charge is -2.25. The second-order valence-corrected chi connectivity index (χ2v) is 6.61. The maximum atomic E-state index is 5.39. The monoisotopic (exact) mass is 342 g/mol. The SMILES string of the molecule is C=NN(/C=C\C)c1ccc(Cc2cnc(N3CCOCC3)s2)cc1. The molecule has 0 amide bonds. The quantitative estimate of drug-likeness (QED) is 0.595. The summed E-state index contributed by atoms with van der Waals surface area (Å²) in [4.78, 5) is 8.14. The molecule has 3 rings (SSSR count). The number of ether oxygens (including phenoxy) is 1. The molecule has 0 atom stereocenters. The van der Waals surface area contributed by atoms with Gasteiger partial charge in [0, 0.05) is 43.5 Å². The van der Waals surface area contributed by atoms with Crippen LogP contribution in [0.2, 0.25) is 0 Å². The second kappa shape index (κ2) is 8.08. The Labute approximate surface area is 146 Å². The summed E-state index contributed by atoms with van der Waals surface area (Å²) in [6, 6.07) is 8.39. The molecule has 24 heavy (non-hydrogen) atoms. The number of benzene rings is 1. The smallest absolute Gasteiger partial charge is 0.185 e. The molecule has 0 bridgehead atoms. The van der Waals surface area contributed by atoms with Gasteiger partial charge in [0.25, 0.3) is 0 Å². The van der Waals surface area contributed by atoms with Crippen LogP contribution in [-0.4, -0.2) is 38.0 Å². The molecule has 2 aromatic rings. The predicted octanol–water partition coefficient (Wildman–Crippen LogP) is 3.53. The molecule has 0 saturated carbocycles. The molecule has 0 spiro atoms. The Morgan fingerprint density at radius 1 is 1.33 bits per heavy atom. The maximum absolute atomic E-state index is 5.39. The van der Waals surface area contributed by atoms with Gasteiger partial charge >= 0.3 is 0 Å². The maximum Gasteiger partial charge on any atom is 0.185 e. The average Bonchev–Trinajstić information content (AvgIpc) is 3.10. The van der Waals surface area contributed by atoms with Crippen molar-refractivity contribution in [2.45, 2.75) is 13.3 Å². The van der Waals surface area contributed by atoms with Crippen LogP contribution >= 0.6 is 11.3 Å². The molecule has 6 heteroatoms. The zero-order chi connectivity index (χ0) is 16.8. The molecule has 0 unspecified atom stereocenters. The summed E-state index contributed by atoms with van der Waals surface area (Å²) < 4.78 is 5.39. The first kappa shape index (κ1) is 16.7. The molecule has 126 valence electrons. The van der Waals surface area contributed by atoms with Crippen LogP contribution in [0.15, 0.2) is 47.8 Å². The number of hydrogen-bond acceptors (Lipinski definition) is 6. The van der Waals surface area contributed by atoms with Crippen molar-refractivity contribution < 1.29 is 4.74 Å². The number of allylic oxidation sites excluding steroid dienone is 1. The minimum absolute atomic E-state index is 0.788. The minimum atomic E-state index is 0.788. The van der Waals surface area contributed by atoms with E-state index in [4.69, 9.17) is 4.74 Å². The van der Waals surface area contributed by atoms with Crippen molar-refractivity contribution in [1.29, 1.82) is 0 Å². The topological polar surface area (TPSA) is 41.0 Å². The Balaban J connectivity index is 1.65. The number of morpholine rings is 1. The van der Waals surface area contributed by atoms with Gasteiger partial charge < -0.3 is 9.64 Å². The number of thiazole rings is 1. The zero-order valence-corrected chi connectivity index (χ0v) is 14.7. The van der Waals surface area contributed by atoms with Crippen LogP contribution in [-0.2, 0) is 11.2 Å². The molecule has 1 aromatic carbocycles. The van der Waals surface area contributed by atoms with Gasteiger partial charge in [-0.3, -0.25) is 0 Å². The highest BCUT2D eigenvalue weighted by Gasteiger charge is 2.14. The first-order valence-electron chi connectivity index (χ1n) is 8.05. The van der Waals surface area contributed by atoms with Gasteiger partial charge in [0.05, 0.1) is 18.9 Å². The number of hydrogen-bond donors (Lipinski definition) is 0. The Morgan fingerprint density at radius 2 is 2.08 bits per heavy atom.